The van der Waals surface area contributed by atoms with Gasteiger partial charge in [-0.1, -0.05) is 0 Å². The van der Waals surface area contributed by atoms with Gasteiger partial charge in [-0.3, -0.25) is 4.79 Å². The van der Waals surface area contributed by atoms with Crippen LogP contribution in [0.5, 0.6) is 0 Å². The van der Waals surface area contributed by atoms with Crippen molar-refractivity contribution in [3.05, 3.63) is 34.1 Å². The van der Waals surface area contributed by atoms with Crippen LogP contribution in [-0.4, -0.2) is 36.9 Å². The SMILES string of the molecule is COCCC(C)(O)CNC(=O)c1ccc(Br)c(F)c1. The maximum Gasteiger partial charge on any atom is 0.251 e. The monoisotopic (exact) mass is 333 g/mol. The van der Waals surface area contributed by atoms with Gasteiger partial charge in [0.15, 0.2) is 0 Å². The Hall–Kier alpha value is -0.980. The molecule has 0 fully saturated rings. The van der Waals surface area contributed by atoms with Gasteiger partial charge in [-0.05, 0) is 41.1 Å². The summed E-state index contributed by atoms with van der Waals surface area (Å²) in [5, 5.41) is 12.5. The fourth-order valence-corrected chi connectivity index (χ4v) is 1.67. The molecule has 6 heteroatoms. The molecule has 0 aliphatic rings. The third-order valence-corrected chi connectivity index (χ3v) is 3.30. The Morgan fingerprint density at radius 2 is 2.26 bits per heavy atom. The zero-order valence-corrected chi connectivity index (χ0v) is 12.5. The van der Waals surface area contributed by atoms with E-state index in [4.69, 9.17) is 4.74 Å². The summed E-state index contributed by atoms with van der Waals surface area (Å²) < 4.78 is 18.5. The van der Waals surface area contributed by atoms with Crippen molar-refractivity contribution in [2.45, 2.75) is 18.9 Å². The number of hydrogen-bond acceptors (Lipinski definition) is 3. The molecule has 0 aromatic heterocycles. The molecule has 2 N–H and O–H groups in total. The second-order valence-corrected chi connectivity index (χ2v) is 5.41. The number of methoxy groups -OCH3 is 1. The summed E-state index contributed by atoms with van der Waals surface area (Å²) in [6.45, 7) is 2.08. The number of halogens is 2. The molecular formula is C13H17BrFNO3. The van der Waals surface area contributed by atoms with E-state index in [9.17, 15) is 14.3 Å². The van der Waals surface area contributed by atoms with Crippen molar-refractivity contribution in [2.75, 3.05) is 20.3 Å². The summed E-state index contributed by atoms with van der Waals surface area (Å²) in [6.07, 6.45) is 0.401. The van der Waals surface area contributed by atoms with Gasteiger partial charge < -0.3 is 15.2 Å². The van der Waals surface area contributed by atoms with Gasteiger partial charge in [-0.2, -0.15) is 0 Å². The Morgan fingerprint density at radius 3 is 2.84 bits per heavy atom. The van der Waals surface area contributed by atoms with Crippen molar-refractivity contribution in [2.24, 2.45) is 0 Å². The smallest absolute Gasteiger partial charge is 0.251 e. The second-order valence-electron chi connectivity index (χ2n) is 4.55. The van der Waals surface area contributed by atoms with E-state index in [1.54, 1.807) is 14.0 Å². The summed E-state index contributed by atoms with van der Waals surface area (Å²) in [5.41, 5.74) is -0.845. The molecule has 0 bridgehead atoms. The Kier molecular flexibility index (Phi) is 5.90. The lowest BCUT2D eigenvalue weighted by Crippen LogP contribution is -2.41. The maximum absolute atomic E-state index is 13.3. The van der Waals surface area contributed by atoms with Crippen molar-refractivity contribution in [3.8, 4) is 0 Å². The minimum atomic E-state index is -1.06. The molecule has 19 heavy (non-hydrogen) atoms. The zero-order valence-electron chi connectivity index (χ0n) is 10.9. The molecule has 0 aliphatic carbocycles. The highest BCUT2D eigenvalue weighted by molar-refractivity contribution is 9.10. The van der Waals surface area contributed by atoms with E-state index in [0.717, 1.165) is 6.07 Å². The van der Waals surface area contributed by atoms with Crippen molar-refractivity contribution < 1.29 is 19.0 Å². The topological polar surface area (TPSA) is 58.6 Å². The van der Waals surface area contributed by atoms with E-state index in [1.807, 2.05) is 0 Å². The number of carbonyl (C=O) groups is 1. The predicted octanol–water partition coefficient (Wildman–Crippen LogP) is 2.11. The highest BCUT2D eigenvalue weighted by Crippen LogP contribution is 2.16. The van der Waals surface area contributed by atoms with E-state index in [1.165, 1.54) is 12.1 Å². The summed E-state index contributed by atoms with van der Waals surface area (Å²) >= 11 is 3.02. The third-order valence-electron chi connectivity index (χ3n) is 2.66. The molecular weight excluding hydrogens is 317 g/mol. The number of carbonyl (C=O) groups excluding carboxylic acids is 1. The van der Waals surface area contributed by atoms with Gasteiger partial charge in [0.05, 0.1) is 10.1 Å². The molecule has 106 valence electrons. The minimum absolute atomic E-state index is 0.0763. The van der Waals surface area contributed by atoms with E-state index in [-0.39, 0.29) is 12.1 Å². The van der Waals surface area contributed by atoms with Crippen LogP contribution in [0.3, 0.4) is 0 Å². The highest BCUT2D eigenvalue weighted by Gasteiger charge is 2.21. The lowest BCUT2D eigenvalue weighted by Gasteiger charge is -2.23. The molecule has 1 amide bonds. The fraction of sp³-hybridized carbons (Fsp3) is 0.462. The lowest BCUT2D eigenvalue weighted by molar-refractivity contribution is 0.0243. The van der Waals surface area contributed by atoms with Gasteiger partial charge in [0.1, 0.15) is 5.82 Å². The van der Waals surface area contributed by atoms with Crippen molar-refractivity contribution in [1.29, 1.82) is 0 Å². The van der Waals surface area contributed by atoms with Gasteiger partial charge in [-0.25, -0.2) is 4.39 Å². The van der Waals surface area contributed by atoms with Crippen LogP contribution < -0.4 is 5.32 Å². The zero-order chi connectivity index (χ0) is 14.5. The largest absolute Gasteiger partial charge is 0.388 e. The van der Waals surface area contributed by atoms with Crippen LogP contribution in [0.1, 0.15) is 23.7 Å². The lowest BCUT2D eigenvalue weighted by atomic mass is 10.0. The first-order valence-corrected chi connectivity index (χ1v) is 6.59. The molecule has 1 aromatic rings. The van der Waals surface area contributed by atoms with Crippen molar-refractivity contribution >= 4 is 21.8 Å². The molecule has 0 radical (unpaired) electrons. The molecule has 4 nitrogen and oxygen atoms in total. The molecule has 0 aliphatic heterocycles. The summed E-state index contributed by atoms with van der Waals surface area (Å²) in [4.78, 5) is 11.8. The van der Waals surface area contributed by atoms with Crippen LogP contribution in [0, 0.1) is 5.82 Å². The number of ether oxygens (including phenoxy) is 1. The predicted molar refractivity (Wildman–Crippen MR) is 73.6 cm³/mol. The van der Waals surface area contributed by atoms with Crippen LogP contribution in [0.15, 0.2) is 22.7 Å². The number of rotatable bonds is 6. The molecule has 0 spiro atoms. The summed E-state index contributed by atoms with van der Waals surface area (Å²) in [6, 6.07) is 4.11. The van der Waals surface area contributed by atoms with Gasteiger partial charge >= 0.3 is 0 Å². The van der Waals surface area contributed by atoms with Crippen LogP contribution in [0.4, 0.5) is 4.39 Å². The number of nitrogens with one attached hydrogen (secondary N) is 1. The highest BCUT2D eigenvalue weighted by atomic mass is 79.9. The van der Waals surface area contributed by atoms with Gasteiger partial charge in [-0.15, -0.1) is 0 Å². The normalized spacial score (nSPS) is 13.9. The van der Waals surface area contributed by atoms with Crippen molar-refractivity contribution in [1.82, 2.24) is 5.32 Å². The second kappa shape index (κ2) is 6.98. The minimum Gasteiger partial charge on any atom is -0.388 e. The molecule has 0 saturated heterocycles. The summed E-state index contributed by atoms with van der Waals surface area (Å²) in [7, 11) is 1.54. The molecule has 1 aromatic carbocycles. The first kappa shape index (κ1) is 16.1. The van der Waals surface area contributed by atoms with E-state index >= 15 is 0 Å². The Bertz CT molecular complexity index is 452. The van der Waals surface area contributed by atoms with Crippen LogP contribution in [-0.2, 0) is 4.74 Å². The number of aliphatic hydroxyl groups is 1. The Morgan fingerprint density at radius 1 is 1.58 bits per heavy atom. The molecule has 0 heterocycles. The average Bonchev–Trinajstić information content (AvgIpc) is 2.37. The Labute approximate surface area is 120 Å². The number of benzene rings is 1. The third kappa shape index (κ3) is 5.26. The first-order valence-electron chi connectivity index (χ1n) is 5.80. The van der Waals surface area contributed by atoms with E-state index in [2.05, 4.69) is 21.2 Å². The fourth-order valence-electron chi connectivity index (χ4n) is 1.42. The van der Waals surface area contributed by atoms with E-state index in [0.29, 0.717) is 17.5 Å². The summed E-state index contributed by atoms with van der Waals surface area (Å²) in [5.74, 6) is -0.928. The quantitative estimate of drug-likeness (QED) is 0.838. The van der Waals surface area contributed by atoms with Crippen LogP contribution >= 0.6 is 15.9 Å². The van der Waals surface area contributed by atoms with Gasteiger partial charge in [0, 0.05) is 32.2 Å². The number of amides is 1. The molecule has 1 unspecified atom stereocenters. The van der Waals surface area contributed by atoms with Gasteiger partial charge in [0.2, 0.25) is 0 Å². The standard InChI is InChI=1S/C13H17BrFNO3/c1-13(18,5-6-19-2)8-16-12(17)9-3-4-10(14)11(15)7-9/h3-4,7,18H,5-6,8H2,1-2H3,(H,16,17). The molecule has 0 saturated carbocycles. The average molecular weight is 334 g/mol. The number of hydrogen-bond donors (Lipinski definition) is 2. The molecule has 1 rings (SSSR count). The maximum atomic E-state index is 13.3. The van der Waals surface area contributed by atoms with Crippen LogP contribution in [0.25, 0.3) is 0 Å². The van der Waals surface area contributed by atoms with Crippen LogP contribution in [0.2, 0.25) is 0 Å². The van der Waals surface area contributed by atoms with Crippen molar-refractivity contribution in [3.63, 3.8) is 0 Å². The van der Waals surface area contributed by atoms with Gasteiger partial charge in [0.25, 0.3) is 5.91 Å². The van der Waals surface area contributed by atoms with E-state index < -0.39 is 17.3 Å². The first-order chi connectivity index (χ1) is 8.85. The Balaban J connectivity index is 2.57. The molecule has 1 atom stereocenters.